The quantitative estimate of drug-likeness (QED) is 0.631. The lowest BCUT2D eigenvalue weighted by atomic mass is 10.2. The summed E-state index contributed by atoms with van der Waals surface area (Å²) in [6, 6.07) is -0.871. The normalized spacial score (nSPS) is 20.3. The highest BCUT2D eigenvalue weighted by molar-refractivity contribution is 14.1. The number of likely N-dealkylation sites (tertiary alicyclic amines) is 1. The van der Waals surface area contributed by atoms with Crippen molar-refractivity contribution in [2.24, 2.45) is 0 Å². The molecular formula is C16H21F2IN6O3. The largest absolute Gasteiger partial charge is 0.444 e. The molecule has 0 aromatic carbocycles. The first kappa shape index (κ1) is 20.9. The molecule has 0 radical (unpaired) electrons. The molecule has 3 heterocycles. The number of nitrogens with two attached hydrogens (primary N) is 1. The molecule has 2 atom stereocenters. The van der Waals surface area contributed by atoms with Gasteiger partial charge in [-0.05, 0) is 49.8 Å². The predicted octanol–water partition coefficient (Wildman–Crippen LogP) is 2.80. The zero-order valence-corrected chi connectivity index (χ0v) is 17.8. The van der Waals surface area contributed by atoms with Crippen molar-refractivity contribution in [2.45, 2.75) is 51.5 Å². The first-order valence-electron chi connectivity index (χ1n) is 8.60. The van der Waals surface area contributed by atoms with Crippen LogP contribution in [0.4, 0.5) is 19.4 Å². The van der Waals surface area contributed by atoms with Crippen LogP contribution in [0.25, 0.3) is 11.0 Å². The summed E-state index contributed by atoms with van der Waals surface area (Å²) in [5, 5.41) is 5.11. The summed E-state index contributed by atoms with van der Waals surface area (Å²) in [4.78, 5) is 22.2. The van der Waals surface area contributed by atoms with Gasteiger partial charge in [0.05, 0.1) is 24.1 Å². The summed E-state index contributed by atoms with van der Waals surface area (Å²) in [5.74, 6) is 0.306. The Bertz CT molecular complexity index is 872. The fraction of sp³-hybridized carbons (Fsp3) is 0.625. The molecule has 0 saturated carbocycles. The second kappa shape index (κ2) is 7.89. The number of carbonyl (C=O) groups is 1. The smallest absolute Gasteiger partial charge is 0.410 e. The van der Waals surface area contributed by atoms with Crippen molar-refractivity contribution >= 4 is 45.5 Å². The van der Waals surface area contributed by atoms with Crippen LogP contribution in [0.15, 0.2) is 6.33 Å². The van der Waals surface area contributed by atoms with Gasteiger partial charge in [-0.1, -0.05) is 0 Å². The van der Waals surface area contributed by atoms with E-state index in [4.69, 9.17) is 10.5 Å². The monoisotopic (exact) mass is 510 g/mol. The molecule has 0 spiro atoms. The molecule has 1 aliphatic heterocycles. The summed E-state index contributed by atoms with van der Waals surface area (Å²) in [5.41, 5.74) is 5.74. The van der Waals surface area contributed by atoms with Gasteiger partial charge in [0.15, 0.2) is 5.65 Å². The van der Waals surface area contributed by atoms with Crippen molar-refractivity contribution in [3.63, 3.8) is 0 Å². The van der Waals surface area contributed by atoms with E-state index >= 15 is 0 Å². The molecule has 2 aromatic rings. The SMILES string of the molecule is CC(C)(C)OC(=O)N1C[C@@H](n2nc(I)c3c(N)ncnc32)C[C@@H]1COC(F)F. The Morgan fingerprint density at radius 1 is 1.43 bits per heavy atom. The third-order valence-corrected chi connectivity index (χ3v) is 5.01. The molecular weight excluding hydrogens is 489 g/mol. The number of alkyl halides is 2. The third kappa shape index (κ3) is 4.42. The molecule has 0 aliphatic carbocycles. The topological polar surface area (TPSA) is 108 Å². The zero-order valence-electron chi connectivity index (χ0n) is 15.6. The number of amides is 1. The molecule has 154 valence electrons. The van der Waals surface area contributed by atoms with E-state index in [0.29, 0.717) is 27.0 Å². The molecule has 0 unspecified atom stereocenters. The van der Waals surface area contributed by atoms with Crippen LogP contribution in [-0.2, 0) is 9.47 Å². The van der Waals surface area contributed by atoms with E-state index < -0.39 is 24.3 Å². The van der Waals surface area contributed by atoms with Gasteiger partial charge in [-0.2, -0.15) is 13.9 Å². The van der Waals surface area contributed by atoms with Gasteiger partial charge in [-0.3, -0.25) is 0 Å². The van der Waals surface area contributed by atoms with E-state index in [-0.39, 0.29) is 19.2 Å². The molecule has 28 heavy (non-hydrogen) atoms. The minimum atomic E-state index is -2.92. The van der Waals surface area contributed by atoms with Crippen LogP contribution >= 0.6 is 22.6 Å². The van der Waals surface area contributed by atoms with Crippen molar-refractivity contribution in [1.29, 1.82) is 0 Å². The van der Waals surface area contributed by atoms with Gasteiger partial charge in [0.1, 0.15) is 21.4 Å². The van der Waals surface area contributed by atoms with E-state index in [9.17, 15) is 13.6 Å². The number of hydrogen-bond acceptors (Lipinski definition) is 7. The first-order valence-corrected chi connectivity index (χ1v) is 9.68. The maximum atomic E-state index is 12.6. The lowest BCUT2D eigenvalue weighted by Crippen LogP contribution is -2.42. The number of halogens is 3. The number of aromatic nitrogens is 4. The van der Waals surface area contributed by atoms with Crippen LogP contribution in [0.1, 0.15) is 33.2 Å². The van der Waals surface area contributed by atoms with Crippen molar-refractivity contribution in [3.05, 3.63) is 10.0 Å². The average molecular weight is 510 g/mol. The number of rotatable bonds is 4. The molecule has 0 bridgehead atoms. The van der Waals surface area contributed by atoms with Gasteiger partial charge in [0.2, 0.25) is 0 Å². The van der Waals surface area contributed by atoms with Gasteiger partial charge in [-0.15, -0.1) is 0 Å². The van der Waals surface area contributed by atoms with Crippen LogP contribution in [-0.4, -0.2) is 62.1 Å². The molecule has 1 fully saturated rings. The minimum Gasteiger partial charge on any atom is -0.444 e. The van der Waals surface area contributed by atoms with E-state index in [1.165, 1.54) is 11.2 Å². The van der Waals surface area contributed by atoms with Crippen LogP contribution in [0.5, 0.6) is 0 Å². The highest BCUT2D eigenvalue weighted by Gasteiger charge is 2.40. The molecule has 2 aromatic heterocycles. The summed E-state index contributed by atoms with van der Waals surface area (Å²) < 4.78 is 37.3. The molecule has 3 rings (SSSR count). The van der Waals surface area contributed by atoms with Crippen LogP contribution in [0.3, 0.4) is 0 Å². The standard InChI is InChI=1S/C16H21F2IN6O3/c1-16(2,3)28-15(26)24-5-8(4-9(24)6-27-14(17)18)25-13-10(11(19)23-25)12(20)21-7-22-13/h7-9,14H,4-6H2,1-3H3,(H2,20,21,22)/t8-,9+/m0/s1. The summed E-state index contributed by atoms with van der Waals surface area (Å²) in [6.07, 6.45) is 1.12. The number of anilines is 1. The lowest BCUT2D eigenvalue weighted by Gasteiger charge is -2.28. The Labute approximate surface area is 173 Å². The Balaban J connectivity index is 1.89. The average Bonchev–Trinajstić information content (AvgIpc) is 3.13. The maximum Gasteiger partial charge on any atom is 0.410 e. The predicted molar refractivity (Wildman–Crippen MR) is 105 cm³/mol. The molecule has 1 amide bonds. The highest BCUT2D eigenvalue weighted by Crippen LogP contribution is 2.33. The molecule has 1 saturated heterocycles. The van der Waals surface area contributed by atoms with Crippen LogP contribution < -0.4 is 5.73 Å². The number of nitrogens with zero attached hydrogens (tertiary/aromatic N) is 5. The Morgan fingerprint density at radius 2 is 2.14 bits per heavy atom. The fourth-order valence-electron chi connectivity index (χ4n) is 3.16. The summed E-state index contributed by atoms with van der Waals surface area (Å²) in [7, 11) is 0. The Kier molecular flexibility index (Phi) is 5.89. The zero-order chi connectivity index (χ0) is 20.6. The number of fused-ring (bicyclic) bond motifs is 1. The lowest BCUT2D eigenvalue weighted by molar-refractivity contribution is -0.138. The fourth-order valence-corrected chi connectivity index (χ4v) is 3.91. The third-order valence-electron chi connectivity index (χ3n) is 4.26. The number of hydrogen-bond donors (Lipinski definition) is 1. The number of ether oxygens (including phenoxy) is 2. The summed E-state index contributed by atoms with van der Waals surface area (Å²) in [6.45, 7) is 2.23. The van der Waals surface area contributed by atoms with Gasteiger partial charge < -0.3 is 20.1 Å². The minimum absolute atomic E-state index is 0.225. The van der Waals surface area contributed by atoms with Crippen LogP contribution in [0, 0.1) is 3.70 Å². The van der Waals surface area contributed by atoms with Crippen molar-refractivity contribution in [1.82, 2.24) is 24.6 Å². The Hall–Kier alpha value is -1.83. The highest BCUT2D eigenvalue weighted by atomic mass is 127. The van der Waals surface area contributed by atoms with Crippen molar-refractivity contribution < 1.29 is 23.0 Å². The van der Waals surface area contributed by atoms with Gasteiger partial charge in [-0.25, -0.2) is 19.4 Å². The van der Waals surface area contributed by atoms with E-state index in [1.807, 2.05) is 22.6 Å². The summed E-state index contributed by atoms with van der Waals surface area (Å²) >= 11 is 2.04. The molecule has 2 N–H and O–H groups in total. The van der Waals surface area contributed by atoms with Gasteiger partial charge >= 0.3 is 12.7 Å². The number of nitrogen functional groups attached to an aromatic ring is 1. The maximum absolute atomic E-state index is 12.6. The first-order chi connectivity index (χ1) is 13.1. The second-order valence-electron chi connectivity index (χ2n) is 7.46. The van der Waals surface area contributed by atoms with Gasteiger partial charge in [0.25, 0.3) is 0 Å². The van der Waals surface area contributed by atoms with Gasteiger partial charge in [0, 0.05) is 6.54 Å². The van der Waals surface area contributed by atoms with Crippen molar-refractivity contribution in [3.8, 4) is 0 Å². The molecule has 1 aliphatic rings. The molecule has 12 heteroatoms. The van der Waals surface area contributed by atoms with E-state index in [0.717, 1.165) is 0 Å². The van der Waals surface area contributed by atoms with E-state index in [1.54, 1.807) is 25.5 Å². The Morgan fingerprint density at radius 3 is 2.79 bits per heavy atom. The second-order valence-corrected chi connectivity index (χ2v) is 8.48. The van der Waals surface area contributed by atoms with Crippen LogP contribution in [0.2, 0.25) is 0 Å². The van der Waals surface area contributed by atoms with E-state index in [2.05, 4.69) is 19.8 Å². The van der Waals surface area contributed by atoms with Crippen molar-refractivity contribution in [2.75, 3.05) is 18.9 Å². The number of carbonyl (C=O) groups excluding carboxylic acids is 1. The molecule has 9 nitrogen and oxygen atoms in total.